The van der Waals surface area contributed by atoms with E-state index >= 15 is 0 Å². The van der Waals surface area contributed by atoms with Gasteiger partial charge in [0.15, 0.2) is 6.61 Å². The Hall–Kier alpha value is -2.43. The second kappa shape index (κ2) is 7.90. The van der Waals surface area contributed by atoms with Crippen LogP contribution in [0.1, 0.15) is 18.5 Å². The average Bonchev–Trinajstić information content (AvgIpc) is 2.61. The molecule has 1 fully saturated rings. The number of carbonyl (C=O) groups is 1. The van der Waals surface area contributed by atoms with E-state index in [0.717, 1.165) is 38.0 Å². The molecule has 1 aromatic heterocycles. The molecule has 1 saturated heterocycles. The minimum absolute atomic E-state index is 0.0509. The van der Waals surface area contributed by atoms with Gasteiger partial charge in [0.2, 0.25) is 0 Å². The standard InChI is InChI=1S/C19H21FN2O2/c20-16-6-3-8-18(12-16)24-14-19(23)22-10-4-5-15(13-22)11-17-7-1-2-9-21-17/h1-3,6-9,12,15H,4-5,10-11,13-14H2. The summed E-state index contributed by atoms with van der Waals surface area (Å²) in [5.74, 6) is 0.385. The van der Waals surface area contributed by atoms with Crippen molar-refractivity contribution >= 4 is 5.91 Å². The van der Waals surface area contributed by atoms with E-state index in [9.17, 15) is 9.18 Å². The number of likely N-dealkylation sites (tertiary alicyclic amines) is 1. The van der Waals surface area contributed by atoms with Gasteiger partial charge in [0.25, 0.3) is 5.91 Å². The summed E-state index contributed by atoms with van der Waals surface area (Å²) < 4.78 is 18.5. The number of hydrogen-bond acceptors (Lipinski definition) is 3. The zero-order chi connectivity index (χ0) is 16.8. The molecule has 1 unspecified atom stereocenters. The van der Waals surface area contributed by atoms with Gasteiger partial charge >= 0.3 is 0 Å². The van der Waals surface area contributed by atoms with E-state index in [0.29, 0.717) is 11.7 Å². The molecule has 0 bridgehead atoms. The van der Waals surface area contributed by atoms with Crippen LogP contribution in [0, 0.1) is 11.7 Å². The number of hydrogen-bond donors (Lipinski definition) is 0. The molecule has 126 valence electrons. The molecule has 4 nitrogen and oxygen atoms in total. The minimum Gasteiger partial charge on any atom is -0.484 e. The monoisotopic (exact) mass is 328 g/mol. The lowest BCUT2D eigenvalue weighted by Crippen LogP contribution is -2.42. The zero-order valence-electron chi connectivity index (χ0n) is 13.5. The number of benzene rings is 1. The summed E-state index contributed by atoms with van der Waals surface area (Å²) in [5, 5.41) is 0. The van der Waals surface area contributed by atoms with Crippen molar-refractivity contribution in [3.63, 3.8) is 0 Å². The average molecular weight is 328 g/mol. The van der Waals surface area contributed by atoms with Gasteiger partial charge < -0.3 is 9.64 Å². The van der Waals surface area contributed by atoms with Crippen LogP contribution in [0.3, 0.4) is 0 Å². The van der Waals surface area contributed by atoms with Gasteiger partial charge in [0.05, 0.1) is 0 Å². The summed E-state index contributed by atoms with van der Waals surface area (Å²) in [5.41, 5.74) is 1.06. The van der Waals surface area contributed by atoms with Crippen LogP contribution >= 0.6 is 0 Å². The lowest BCUT2D eigenvalue weighted by Gasteiger charge is -2.32. The molecule has 5 heteroatoms. The van der Waals surface area contributed by atoms with E-state index in [2.05, 4.69) is 4.98 Å². The smallest absolute Gasteiger partial charge is 0.260 e. The Morgan fingerprint density at radius 1 is 1.29 bits per heavy atom. The van der Waals surface area contributed by atoms with Crippen LogP contribution in [-0.2, 0) is 11.2 Å². The fraction of sp³-hybridized carbons (Fsp3) is 0.368. The molecule has 1 atom stereocenters. The minimum atomic E-state index is -0.367. The molecule has 3 rings (SSSR count). The highest BCUT2D eigenvalue weighted by atomic mass is 19.1. The second-order valence-electron chi connectivity index (χ2n) is 6.12. The van der Waals surface area contributed by atoms with Crippen LogP contribution in [0.15, 0.2) is 48.7 Å². The van der Waals surface area contributed by atoms with Gasteiger partial charge in [-0.3, -0.25) is 9.78 Å². The Labute approximate surface area is 141 Å². The first-order valence-corrected chi connectivity index (χ1v) is 8.27. The lowest BCUT2D eigenvalue weighted by molar-refractivity contribution is -0.135. The van der Waals surface area contributed by atoms with Crippen molar-refractivity contribution in [1.29, 1.82) is 0 Å². The van der Waals surface area contributed by atoms with E-state index in [4.69, 9.17) is 4.74 Å². The van der Waals surface area contributed by atoms with E-state index in [1.54, 1.807) is 18.3 Å². The highest BCUT2D eigenvalue weighted by molar-refractivity contribution is 5.77. The maximum absolute atomic E-state index is 13.1. The van der Waals surface area contributed by atoms with Gasteiger partial charge in [-0.1, -0.05) is 12.1 Å². The molecule has 24 heavy (non-hydrogen) atoms. The number of amides is 1. The van der Waals surface area contributed by atoms with Gasteiger partial charge in [-0.25, -0.2) is 4.39 Å². The third-order valence-corrected chi connectivity index (χ3v) is 4.25. The molecular weight excluding hydrogens is 307 g/mol. The second-order valence-corrected chi connectivity index (χ2v) is 6.12. The third kappa shape index (κ3) is 4.54. The van der Waals surface area contributed by atoms with Gasteiger partial charge in [-0.2, -0.15) is 0 Å². The summed E-state index contributed by atoms with van der Waals surface area (Å²) in [6.07, 6.45) is 4.78. The normalized spacial score (nSPS) is 17.5. The van der Waals surface area contributed by atoms with Crippen LogP contribution < -0.4 is 4.74 Å². The molecule has 1 aromatic carbocycles. The number of nitrogens with zero attached hydrogens (tertiary/aromatic N) is 2. The molecule has 0 spiro atoms. The van der Waals surface area contributed by atoms with Crippen molar-refractivity contribution < 1.29 is 13.9 Å². The number of aromatic nitrogens is 1. The van der Waals surface area contributed by atoms with Crippen molar-refractivity contribution in [3.8, 4) is 5.75 Å². The fourth-order valence-electron chi connectivity index (χ4n) is 3.07. The number of piperidine rings is 1. The predicted octanol–water partition coefficient (Wildman–Crippen LogP) is 3.08. The highest BCUT2D eigenvalue weighted by Gasteiger charge is 2.24. The Morgan fingerprint density at radius 2 is 2.21 bits per heavy atom. The molecule has 2 aromatic rings. The molecule has 0 saturated carbocycles. The van der Waals surface area contributed by atoms with Crippen molar-refractivity contribution in [2.24, 2.45) is 5.92 Å². The first-order valence-electron chi connectivity index (χ1n) is 8.27. The molecule has 0 radical (unpaired) electrons. The van der Waals surface area contributed by atoms with E-state index in [1.165, 1.54) is 12.1 Å². The molecular formula is C19H21FN2O2. The Kier molecular flexibility index (Phi) is 5.41. The van der Waals surface area contributed by atoms with Crippen molar-refractivity contribution in [3.05, 3.63) is 60.2 Å². The number of carbonyl (C=O) groups excluding carboxylic acids is 1. The largest absolute Gasteiger partial charge is 0.484 e. The summed E-state index contributed by atoms with van der Waals surface area (Å²) >= 11 is 0. The van der Waals surface area contributed by atoms with E-state index < -0.39 is 0 Å². The summed E-state index contributed by atoms with van der Waals surface area (Å²) in [6.45, 7) is 1.42. The van der Waals surface area contributed by atoms with Crippen LogP contribution in [-0.4, -0.2) is 35.5 Å². The van der Waals surface area contributed by atoms with Crippen LogP contribution in [0.5, 0.6) is 5.75 Å². The molecule has 0 aliphatic carbocycles. The molecule has 1 aliphatic heterocycles. The summed E-state index contributed by atoms with van der Waals surface area (Å²) in [4.78, 5) is 18.6. The fourth-order valence-corrected chi connectivity index (χ4v) is 3.07. The first-order chi connectivity index (χ1) is 11.7. The molecule has 1 aliphatic rings. The van der Waals surface area contributed by atoms with Crippen molar-refractivity contribution in [2.75, 3.05) is 19.7 Å². The van der Waals surface area contributed by atoms with Gasteiger partial charge in [-0.05, 0) is 49.4 Å². The van der Waals surface area contributed by atoms with Crippen molar-refractivity contribution in [1.82, 2.24) is 9.88 Å². The molecule has 0 N–H and O–H groups in total. The summed E-state index contributed by atoms with van der Waals surface area (Å²) in [7, 11) is 0. The topological polar surface area (TPSA) is 42.4 Å². The molecule has 2 heterocycles. The third-order valence-electron chi connectivity index (χ3n) is 4.25. The maximum Gasteiger partial charge on any atom is 0.260 e. The Balaban J connectivity index is 1.51. The molecule has 1 amide bonds. The van der Waals surface area contributed by atoms with Crippen LogP contribution in [0.4, 0.5) is 4.39 Å². The van der Waals surface area contributed by atoms with Crippen molar-refractivity contribution in [2.45, 2.75) is 19.3 Å². The number of ether oxygens (including phenoxy) is 1. The van der Waals surface area contributed by atoms with Gasteiger partial charge in [0.1, 0.15) is 11.6 Å². The van der Waals surface area contributed by atoms with Crippen LogP contribution in [0.25, 0.3) is 0 Å². The van der Waals surface area contributed by atoms with E-state index in [1.807, 2.05) is 23.1 Å². The zero-order valence-corrected chi connectivity index (χ0v) is 13.5. The first kappa shape index (κ1) is 16.4. The van der Waals surface area contributed by atoms with Crippen LogP contribution in [0.2, 0.25) is 0 Å². The predicted molar refractivity (Wildman–Crippen MR) is 89.1 cm³/mol. The highest BCUT2D eigenvalue weighted by Crippen LogP contribution is 2.20. The van der Waals surface area contributed by atoms with Gasteiger partial charge in [-0.15, -0.1) is 0 Å². The lowest BCUT2D eigenvalue weighted by atomic mass is 9.93. The SMILES string of the molecule is O=C(COc1cccc(F)c1)N1CCCC(Cc2ccccn2)C1. The number of rotatable bonds is 5. The Bertz CT molecular complexity index is 678. The maximum atomic E-state index is 13.1. The quantitative estimate of drug-likeness (QED) is 0.847. The number of halogens is 1. The number of pyridine rings is 1. The summed E-state index contributed by atoms with van der Waals surface area (Å²) in [6, 6.07) is 11.8. The van der Waals surface area contributed by atoms with Gasteiger partial charge in [0, 0.05) is 31.0 Å². The Morgan fingerprint density at radius 3 is 3.00 bits per heavy atom. The van der Waals surface area contributed by atoms with E-state index in [-0.39, 0.29) is 18.3 Å².